The molecule has 0 bridgehead atoms. The topological polar surface area (TPSA) is 25.8 Å². The van der Waals surface area contributed by atoms with Crippen LogP contribution in [0.15, 0.2) is 10.5 Å². The van der Waals surface area contributed by atoms with E-state index in [4.69, 9.17) is 0 Å². The fourth-order valence-electron chi connectivity index (χ4n) is 0.992. The zero-order valence-electron chi connectivity index (χ0n) is 6.14. The number of hydrogen-bond acceptors (Lipinski definition) is 3. The minimum atomic E-state index is -0.248. The smallest absolute Gasteiger partial charge is 0.129 e. The quantitative estimate of drug-likeness (QED) is 0.715. The molecule has 0 saturated heterocycles. The first-order valence-electron chi connectivity index (χ1n) is 3.27. The van der Waals surface area contributed by atoms with Gasteiger partial charge in [-0.15, -0.1) is 0 Å². The first-order chi connectivity index (χ1) is 5.70. The van der Waals surface area contributed by atoms with Crippen LogP contribution in [0.2, 0.25) is 0 Å². The van der Waals surface area contributed by atoms with Crippen LogP contribution in [0.5, 0.6) is 0 Å². The highest BCUT2D eigenvalue weighted by molar-refractivity contribution is 9.10. The molecule has 0 fully saturated rings. The van der Waals surface area contributed by atoms with Crippen LogP contribution in [0.25, 0.3) is 11.0 Å². The summed E-state index contributed by atoms with van der Waals surface area (Å²) in [6.45, 7) is 1.70. The number of fused-ring (bicyclic) bond motifs is 1. The summed E-state index contributed by atoms with van der Waals surface area (Å²) in [7, 11) is 0. The molecule has 1 aromatic carbocycles. The number of nitrogens with zero attached hydrogens (tertiary/aromatic N) is 2. The summed E-state index contributed by atoms with van der Waals surface area (Å²) in [6.07, 6.45) is 0. The van der Waals surface area contributed by atoms with Gasteiger partial charge in [-0.1, -0.05) is 0 Å². The third kappa shape index (κ3) is 1.04. The van der Waals surface area contributed by atoms with Gasteiger partial charge in [0.15, 0.2) is 0 Å². The highest BCUT2D eigenvalue weighted by Crippen LogP contribution is 2.26. The van der Waals surface area contributed by atoms with Gasteiger partial charge < -0.3 is 0 Å². The van der Waals surface area contributed by atoms with E-state index in [1.54, 1.807) is 6.92 Å². The van der Waals surface area contributed by atoms with Crippen molar-refractivity contribution in [1.82, 2.24) is 8.75 Å². The van der Waals surface area contributed by atoms with E-state index in [9.17, 15) is 4.39 Å². The van der Waals surface area contributed by atoms with Crippen molar-refractivity contribution in [2.24, 2.45) is 0 Å². The van der Waals surface area contributed by atoms with Crippen molar-refractivity contribution in [2.75, 3.05) is 0 Å². The van der Waals surface area contributed by atoms with Gasteiger partial charge in [0, 0.05) is 10.0 Å². The first-order valence-corrected chi connectivity index (χ1v) is 4.79. The second-order valence-corrected chi connectivity index (χ2v) is 3.81. The molecule has 0 N–H and O–H groups in total. The molecule has 1 aromatic heterocycles. The molecule has 0 aliphatic carbocycles. The van der Waals surface area contributed by atoms with Crippen molar-refractivity contribution >= 4 is 38.7 Å². The normalized spacial score (nSPS) is 10.9. The number of aromatic nitrogens is 2. The zero-order valence-corrected chi connectivity index (χ0v) is 8.54. The minimum Gasteiger partial charge on any atom is -0.207 e. The Kier molecular flexibility index (Phi) is 1.84. The Labute approximate surface area is 80.9 Å². The Balaban J connectivity index is 2.97. The van der Waals surface area contributed by atoms with Crippen molar-refractivity contribution in [2.45, 2.75) is 6.92 Å². The maximum atomic E-state index is 13.1. The predicted octanol–water partition coefficient (Wildman–Crippen LogP) is 2.90. The number of hydrogen-bond donors (Lipinski definition) is 0. The lowest BCUT2D eigenvalue weighted by Gasteiger charge is -1.97. The third-order valence-corrected chi connectivity index (χ3v) is 2.81. The molecule has 0 saturated carbocycles. The average molecular weight is 247 g/mol. The molecule has 2 aromatic rings. The molecule has 0 unspecified atom stereocenters. The summed E-state index contributed by atoms with van der Waals surface area (Å²) in [6, 6.07) is 1.42. The standard InChI is InChI=1S/C7H4BrFN2S/c1-3-5(9)2-4(8)7-6(3)10-12-11-7/h2H,1H3. The van der Waals surface area contributed by atoms with E-state index >= 15 is 0 Å². The summed E-state index contributed by atoms with van der Waals surface area (Å²) >= 11 is 4.32. The fraction of sp³-hybridized carbons (Fsp3) is 0.143. The van der Waals surface area contributed by atoms with Crippen molar-refractivity contribution in [3.05, 3.63) is 21.9 Å². The van der Waals surface area contributed by atoms with Gasteiger partial charge in [0.25, 0.3) is 0 Å². The molecular weight excluding hydrogens is 243 g/mol. The second-order valence-electron chi connectivity index (χ2n) is 2.43. The molecule has 0 radical (unpaired) electrons. The van der Waals surface area contributed by atoms with Gasteiger partial charge in [-0.3, -0.25) is 0 Å². The zero-order chi connectivity index (χ0) is 8.72. The van der Waals surface area contributed by atoms with Crippen LogP contribution in [0, 0.1) is 12.7 Å². The van der Waals surface area contributed by atoms with Crippen LogP contribution in [0.1, 0.15) is 5.56 Å². The summed E-state index contributed by atoms with van der Waals surface area (Å²) in [5.41, 5.74) is 1.94. The van der Waals surface area contributed by atoms with Gasteiger partial charge in [0.05, 0.1) is 11.7 Å². The maximum Gasteiger partial charge on any atom is 0.129 e. The predicted molar refractivity (Wildman–Crippen MR) is 49.8 cm³/mol. The number of halogens is 2. The van der Waals surface area contributed by atoms with E-state index in [2.05, 4.69) is 24.7 Å². The lowest BCUT2D eigenvalue weighted by atomic mass is 10.2. The summed E-state index contributed by atoms with van der Waals surface area (Å²) in [5, 5.41) is 0. The van der Waals surface area contributed by atoms with Gasteiger partial charge in [-0.05, 0) is 28.9 Å². The first kappa shape index (κ1) is 8.07. The third-order valence-electron chi connectivity index (χ3n) is 1.68. The van der Waals surface area contributed by atoms with Crippen LogP contribution in [0.3, 0.4) is 0 Å². The van der Waals surface area contributed by atoms with Crippen molar-refractivity contribution in [1.29, 1.82) is 0 Å². The molecular formula is C7H4BrFN2S. The molecule has 5 heteroatoms. The van der Waals surface area contributed by atoms with Crippen molar-refractivity contribution in [3.8, 4) is 0 Å². The average Bonchev–Trinajstić information content (AvgIpc) is 2.48. The van der Waals surface area contributed by atoms with E-state index in [-0.39, 0.29) is 5.82 Å². The van der Waals surface area contributed by atoms with Crippen LogP contribution in [-0.4, -0.2) is 8.75 Å². The van der Waals surface area contributed by atoms with Crippen LogP contribution in [-0.2, 0) is 0 Å². The minimum absolute atomic E-state index is 0.248. The van der Waals surface area contributed by atoms with Gasteiger partial charge in [-0.2, -0.15) is 8.75 Å². The molecule has 0 amide bonds. The van der Waals surface area contributed by atoms with Gasteiger partial charge in [0.2, 0.25) is 0 Å². The Bertz CT molecular complexity index is 440. The molecule has 2 rings (SSSR count). The number of benzene rings is 1. The molecule has 0 atom stereocenters. The van der Waals surface area contributed by atoms with E-state index in [1.807, 2.05) is 0 Å². The Hall–Kier alpha value is -0.550. The summed E-state index contributed by atoms with van der Waals surface area (Å²) < 4.78 is 21.8. The monoisotopic (exact) mass is 246 g/mol. The Morgan fingerprint density at radius 2 is 2.08 bits per heavy atom. The molecule has 0 aliphatic heterocycles. The van der Waals surface area contributed by atoms with Gasteiger partial charge in [0.1, 0.15) is 16.9 Å². The van der Waals surface area contributed by atoms with Gasteiger partial charge in [-0.25, -0.2) is 4.39 Å². The molecule has 2 nitrogen and oxygen atoms in total. The number of rotatable bonds is 0. The molecule has 1 heterocycles. The van der Waals surface area contributed by atoms with E-state index in [0.717, 1.165) is 17.2 Å². The largest absolute Gasteiger partial charge is 0.207 e. The van der Waals surface area contributed by atoms with Gasteiger partial charge >= 0.3 is 0 Å². The van der Waals surface area contributed by atoms with E-state index < -0.39 is 0 Å². The fourth-order valence-corrected chi connectivity index (χ4v) is 2.20. The molecule has 0 aliphatic rings. The molecule has 12 heavy (non-hydrogen) atoms. The highest BCUT2D eigenvalue weighted by atomic mass is 79.9. The summed E-state index contributed by atoms with van der Waals surface area (Å²) in [4.78, 5) is 0. The highest BCUT2D eigenvalue weighted by Gasteiger charge is 2.10. The molecule has 62 valence electrons. The van der Waals surface area contributed by atoms with Crippen LogP contribution in [0.4, 0.5) is 4.39 Å². The van der Waals surface area contributed by atoms with Crippen molar-refractivity contribution < 1.29 is 4.39 Å². The Morgan fingerprint density at radius 1 is 1.42 bits per heavy atom. The van der Waals surface area contributed by atoms with Crippen LogP contribution >= 0.6 is 27.7 Å². The van der Waals surface area contributed by atoms with Crippen LogP contribution < -0.4 is 0 Å². The molecule has 0 spiro atoms. The SMILES string of the molecule is Cc1c(F)cc(Br)c2nsnc12. The number of aryl methyl sites for hydroxylation is 1. The maximum absolute atomic E-state index is 13.1. The second kappa shape index (κ2) is 2.74. The summed E-state index contributed by atoms with van der Waals surface area (Å²) in [5.74, 6) is -0.248. The lowest BCUT2D eigenvalue weighted by Crippen LogP contribution is -1.85. The van der Waals surface area contributed by atoms with E-state index in [1.165, 1.54) is 6.07 Å². The lowest BCUT2D eigenvalue weighted by molar-refractivity contribution is 0.620. The Morgan fingerprint density at radius 3 is 2.83 bits per heavy atom. The van der Waals surface area contributed by atoms with E-state index in [0.29, 0.717) is 15.6 Å². The van der Waals surface area contributed by atoms with Crippen molar-refractivity contribution in [3.63, 3.8) is 0 Å².